The topological polar surface area (TPSA) is 75.7 Å². The van der Waals surface area contributed by atoms with Gasteiger partial charge in [-0.2, -0.15) is 4.31 Å². The summed E-state index contributed by atoms with van der Waals surface area (Å²) in [4.78, 5) is 11.7. The molecule has 116 valence electrons. The second-order valence-electron chi connectivity index (χ2n) is 4.65. The van der Waals surface area contributed by atoms with E-state index in [0.717, 1.165) is 0 Å². The Morgan fingerprint density at radius 3 is 2.38 bits per heavy atom. The molecule has 1 aliphatic heterocycles. The number of carbonyl (C=O) groups is 1. The SMILES string of the molecule is C[C@H](Cl)C(=O)Nc1ccc(S(=O)(=O)N2CCOCC2)cc1. The normalized spacial score (nSPS) is 18.2. The fourth-order valence-corrected chi connectivity index (χ4v) is 3.35. The van der Waals surface area contributed by atoms with Crippen LogP contribution in [0.5, 0.6) is 0 Å². The molecule has 0 unspecified atom stereocenters. The van der Waals surface area contributed by atoms with Gasteiger partial charge in [0.05, 0.1) is 18.1 Å². The molecule has 1 saturated heterocycles. The van der Waals surface area contributed by atoms with Gasteiger partial charge in [-0.25, -0.2) is 8.42 Å². The van der Waals surface area contributed by atoms with Crippen LogP contribution in [0, 0.1) is 0 Å². The number of nitrogens with one attached hydrogen (secondary N) is 1. The first kappa shape index (κ1) is 16.2. The zero-order valence-electron chi connectivity index (χ0n) is 11.6. The predicted molar refractivity (Wildman–Crippen MR) is 80.0 cm³/mol. The van der Waals surface area contributed by atoms with Gasteiger partial charge in [0, 0.05) is 18.8 Å². The number of morpholine rings is 1. The summed E-state index contributed by atoms with van der Waals surface area (Å²) in [6.45, 7) is 3.07. The largest absolute Gasteiger partial charge is 0.379 e. The summed E-state index contributed by atoms with van der Waals surface area (Å²) in [7, 11) is -3.51. The first-order chi connectivity index (χ1) is 9.91. The summed E-state index contributed by atoms with van der Waals surface area (Å²) in [5.41, 5.74) is 0.508. The molecule has 0 aromatic heterocycles. The predicted octanol–water partition coefficient (Wildman–Crippen LogP) is 1.27. The Balaban J connectivity index is 2.12. The molecule has 0 aliphatic carbocycles. The van der Waals surface area contributed by atoms with Crippen LogP contribution >= 0.6 is 11.6 Å². The highest BCUT2D eigenvalue weighted by Gasteiger charge is 2.26. The molecule has 1 atom stereocenters. The Hall–Kier alpha value is -1.15. The summed E-state index contributed by atoms with van der Waals surface area (Å²) in [5, 5.41) is 1.95. The summed E-state index contributed by atoms with van der Waals surface area (Å²) in [5.74, 6) is -0.333. The maximum Gasteiger partial charge on any atom is 0.243 e. The van der Waals surface area contributed by atoms with Crippen LogP contribution in [-0.2, 0) is 19.6 Å². The lowest BCUT2D eigenvalue weighted by Gasteiger charge is -2.26. The average molecular weight is 333 g/mol. The number of hydrogen-bond donors (Lipinski definition) is 1. The highest BCUT2D eigenvalue weighted by molar-refractivity contribution is 7.89. The molecule has 0 radical (unpaired) electrons. The zero-order chi connectivity index (χ0) is 15.5. The van der Waals surface area contributed by atoms with Gasteiger partial charge in [0.25, 0.3) is 0 Å². The third-order valence-corrected chi connectivity index (χ3v) is 5.20. The quantitative estimate of drug-likeness (QED) is 0.843. The lowest BCUT2D eigenvalue weighted by atomic mass is 10.3. The minimum Gasteiger partial charge on any atom is -0.379 e. The minimum absolute atomic E-state index is 0.196. The van der Waals surface area contributed by atoms with Gasteiger partial charge in [-0.3, -0.25) is 4.79 Å². The number of rotatable bonds is 4. The molecule has 1 heterocycles. The molecular weight excluding hydrogens is 316 g/mol. The van der Waals surface area contributed by atoms with E-state index < -0.39 is 15.4 Å². The van der Waals surface area contributed by atoms with Gasteiger partial charge < -0.3 is 10.1 Å². The number of sulfonamides is 1. The van der Waals surface area contributed by atoms with Crippen molar-refractivity contribution in [2.24, 2.45) is 0 Å². The van der Waals surface area contributed by atoms with Crippen LogP contribution in [0.4, 0.5) is 5.69 Å². The fraction of sp³-hybridized carbons (Fsp3) is 0.462. The van der Waals surface area contributed by atoms with Crippen molar-refractivity contribution in [1.82, 2.24) is 4.31 Å². The maximum absolute atomic E-state index is 12.4. The van der Waals surface area contributed by atoms with Crippen LogP contribution in [0.15, 0.2) is 29.2 Å². The summed E-state index contributed by atoms with van der Waals surface area (Å²) in [6.07, 6.45) is 0. The van der Waals surface area contributed by atoms with E-state index in [9.17, 15) is 13.2 Å². The van der Waals surface area contributed by atoms with Crippen molar-refractivity contribution in [3.8, 4) is 0 Å². The average Bonchev–Trinajstić information content (AvgIpc) is 2.48. The number of hydrogen-bond acceptors (Lipinski definition) is 4. The Bertz CT molecular complexity index is 595. The van der Waals surface area contributed by atoms with Crippen molar-refractivity contribution >= 4 is 33.2 Å². The standard InChI is InChI=1S/C13H17ClN2O4S/c1-10(14)13(17)15-11-2-4-12(5-3-11)21(18,19)16-6-8-20-9-7-16/h2-5,10H,6-9H2,1H3,(H,15,17)/t10-/m0/s1. The van der Waals surface area contributed by atoms with E-state index >= 15 is 0 Å². The molecule has 21 heavy (non-hydrogen) atoms. The molecule has 1 fully saturated rings. The number of carbonyl (C=O) groups excluding carboxylic acids is 1. The van der Waals surface area contributed by atoms with Gasteiger partial charge in [-0.1, -0.05) is 0 Å². The Labute approximate surface area is 129 Å². The molecule has 8 heteroatoms. The first-order valence-electron chi connectivity index (χ1n) is 6.54. The zero-order valence-corrected chi connectivity index (χ0v) is 13.2. The van der Waals surface area contributed by atoms with E-state index in [4.69, 9.17) is 16.3 Å². The summed E-state index contributed by atoms with van der Waals surface area (Å²) in [6, 6.07) is 6.04. The number of ether oxygens (including phenoxy) is 1. The Morgan fingerprint density at radius 1 is 1.29 bits per heavy atom. The number of alkyl halides is 1. The minimum atomic E-state index is -3.51. The van der Waals surface area contributed by atoms with Gasteiger partial charge >= 0.3 is 0 Å². The molecule has 1 N–H and O–H groups in total. The van der Waals surface area contributed by atoms with E-state index in [1.54, 1.807) is 19.1 Å². The van der Waals surface area contributed by atoms with Gasteiger partial charge in [0.1, 0.15) is 5.38 Å². The van der Waals surface area contributed by atoms with Gasteiger partial charge in [0.15, 0.2) is 0 Å². The first-order valence-corrected chi connectivity index (χ1v) is 8.42. The number of nitrogens with zero attached hydrogens (tertiary/aromatic N) is 1. The second kappa shape index (κ2) is 6.74. The molecule has 6 nitrogen and oxygen atoms in total. The third-order valence-electron chi connectivity index (χ3n) is 3.09. The van der Waals surface area contributed by atoms with Crippen LogP contribution in [0.3, 0.4) is 0 Å². The molecule has 0 bridgehead atoms. The van der Waals surface area contributed by atoms with Crippen LogP contribution in [0.1, 0.15) is 6.92 Å². The van der Waals surface area contributed by atoms with E-state index in [-0.39, 0.29) is 10.8 Å². The lowest BCUT2D eigenvalue weighted by Crippen LogP contribution is -2.40. The van der Waals surface area contributed by atoms with E-state index in [0.29, 0.717) is 32.0 Å². The van der Waals surface area contributed by atoms with Gasteiger partial charge in [0.2, 0.25) is 15.9 Å². The lowest BCUT2D eigenvalue weighted by molar-refractivity contribution is -0.115. The van der Waals surface area contributed by atoms with Crippen molar-refractivity contribution in [3.05, 3.63) is 24.3 Å². The number of amides is 1. The van der Waals surface area contributed by atoms with E-state index in [1.807, 2.05) is 0 Å². The fourth-order valence-electron chi connectivity index (χ4n) is 1.89. The summed E-state index contributed by atoms with van der Waals surface area (Å²) >= 11 is 5.66. The van der Waals surface area contributed by atoms with Crippen LogP contribution in [-0.4, -0.2) is 50.3 Å². The highest BCUT2D eigenvalue weighted by Crippen LogP contribution is 2.19. The monoisotopic (exact) mass is 332 g/mol. The van der Waals surface area contributed by atoms with Crippen molar-refractivity contribution in [2.75, 3.05) is 31.6 Å². The number of halogens is 1. The van der Waals surface area contributed by atoms with Gasteiger partial charge in [-0.05, 0) is 31.2 Å². The highest BCUT2D eigenvalue weighted by atomic mass is 35.5. The number of anilines is 1. The molecule has 2 rings (SSSR count). The molecule has 1 aromatic rings. The molecule has 1 aliphatic rings. The summed E-state index contributed by atoms with van der Waals surface area (Å²) < 4.78 is 31.3. The molecule has 0 spiro atoms. The van der Waals surface area contributed by atoms with Crippen molar-refractivity contribution in [2.45, 2.75) is 17.2 Å². The smallest absolute Gasteiger partial charge is 0.243 e. The van der Waals surface area contributed by atoms with E-state index in [2.05, 4.69) is 5.32 Å². The second-order valence-corrected chi connectivity index (χ2v) is 7.24. The third kappa shape index (κ3) is 3.94. The van der Waals surface area contributed by atoms with Crippen LogP contribution in [0.25, 0.3) is 0 Å². The molecule has 0 saturated carbocycles. The van der Waals surface area contributed by atoms with Crippen LogP contribution in [0.2, 0.25) is 0 Å². The van der Waals surface area contributed by atoms with Crippen molar-refractivity contribution in [1.29, 1.82) is 0 Å². The Morgan fingerprint density at radius 2 is 1.86 bits per heavy atom. The Kier molecular flexibility index (Phi) is 5.21. The molecular formula is C13H17ClN2O4S. The van der Waals surface area contributed by atoms with Gasteiger partial charge in [-0.15, -0.1) is 11.6 Å². The maximum atomic E-state index is 12.4. The van der Waals surface area contributed by atoms with Crippen molar-refractivity contribution in [3.63, 3.8) is 0 Å². The van der Waals surface area contributed by atoms with Crippen molar-refractivity contribution < 1.29 is 17.9 Å². The molecule has 1 aromatic carbocycles. The van der Waals surface area contributed by atoms with Crippen LogP contribution < -0.4 is 5.32 Å². The number of benzene rings is 1. The van der Waals surface area contributed by atoms with E-state index in [1.165, 1.54) is 16.4 Å². The molecule has 1 amide bonds.